The molecule has 2 aliphatic rings. The van der Waals surface area contributed by atoms with Crippen LogP contribution in [0.3, 0.4) is 0 Å². The van der Waals surface area contributed by atoms with Gasteiger partial charge in [-0.3, -0.25) is 0 Å². The highest BCUT2D eigenvalue weighted by Gasteiger charge is 2.25. The molecule has 0 aromatic heterocycles. The van der Waals surface area contributed by atoms with Crippen molar-refractivity contribution in [2.24, 2.45) is 0 Å². The molecule has 102 valence electrons. The molecule has 1 aromatic carbocycles. The number of ether oxygens (including phenoxy) is 3. The summed E-state index contributed by atoms with van der Waals surface area (Å²) in [4.78, 5) is 0. The summed E-state index contributed by atoms with van der Waals surface area (Å²) in [6, 6.07) is 10.3. The predicted octanol–water partition coefficient (Wildman–Crippen LogP) is 3.36. The van der Waals surface area contributed by atoms with Gasteiger partial charge in [-0.25, -0.2) is 0 Å². The van der Waals surface area contributed by atoms with Gasteiger partial charge in [0.05, 0.1) is 6.61 Å². The van der Waals surface area contributed by atoms with E-state index in [-0.39, 0.29) is 12.6 Å². The first-order valence-corrected chi connectivity index (χ1v) is 7.03. The van der Waals surface area contributed by atoms with E-state index in [9.17, 15) is 0 Å². The van der Waals surface area contributed by atoms with E-state index in [0.29, 0.717) is 6.61 Å². The van der Waals surface area contributed by atoms with Gasteiger partial charge in [-0.2, -0.15) is 0 Å². The molecule has 2 heterocycles. The standard InChI is InChI=1S/C16H20O3/c1-2-6-13(7-3-1)10-14-11-16(18-12-14)19-15-8-4-5-9-17-15/h1-3,6-7,10,15-16H,4-5,8-9,11-12H2/b14-10-/t15-,16-/m0/s1. The van der Waals surface area contributed by atoms with Crippen molar-refractivity contribution < 1.29 is 14.2 Å². The van der Waals surface area contributed by atoms with Crippen LogP contribution in [0, 0.1) is 0 Å². The maximum Gasteiger partial charge on any atom is 0.164 e. The smallest absolute Gasteiger partial charge is 0.164 e. The second-order valence-electron chi connectivity index (χ2n) is 5.09. The Morgan fingerprint density at radius 1 is 1.05 bits per heavy atom. The maximum absolute atomic E-state index is 5.83. The van der Waals surface area contributed by atoms with Crippen LogP contribution in [0.25, 0.3) is 6.08 Å². The van der Waals surface area contributed by atoms with E-state index in [2.05, 4.69) is 18.2 Å². The average Bonchev–Trinajstić information content (AvgIpc) is 2.88. The lowest BCUT2D eigenvalue weighted by Gasteiger charge is -2.25. The van der Waals surface area contributed by atoms with E-state index in [0.717, 1.165) is 25.9 Å². The molecular formula is C16H20O3. The topological polar surface area (TPSA) is 27.7 Å². The second kappa shape index (κ2) is 6.33. The van der Waals surface area contributed by atoms with E-state index in [1.807, 2.05) is 18.2 Å². The highest BCUT2D eigenvalue weighted by atomic mass is 16.8. The van der Waals surface area contributed by atoms with Gasteiger partial charge in [0.2, 0.25) is 0 Å². The van der Waals surface area contributed by atoms with Crippen molar-refractivity contribution in [3.8, 4) is 0 Å². The van der Waals surface area contributed by atoms with E-state index in [1.54, 1.807) is 0 Å². The van der Waals surface area contributed by atoms with E-state index < -0.39 is 0 Å². The molecule has 0 unspecified atom stereocenters. The summed E-state index contributed by atoms with van der Waals surface area (Å²) in [7, 11) is 0. The lowest BCUT2D eigenvalue weighted by molar-refractivity contribution is -0.241. The zero-order valence-electron chi connectivity index (χ0n) is 11.1. The SMILES string of the molecule is C(=C1/CO[C@@H](O[C@H]2CCCCO2)C1)/c1ccccc1. The van der Waals surface area contributed by atoms with Crippen LogP contribution in [-0.4, -0.2) is 25.8 Å². The van der Waals surface area contributed by atoms with Gasteiger partial charge in [-0.15, -0.1) is 0 Å². The Balaban J connectivity index is 1.53. The third-order valence-corrected chi connectivity index (χ3v) is 3.50. The van der Waals surface area contributed by atoms with Crippen LogP contribution >= 0.6 is 0 Å². The third-order valence-electron chi connectivity index (χ3n) is 3.50. The van der Waals surface area contributed by atoms with Gasteiger partial charge in [0.15, 0.2) is 12.6 Å². The summed E-state index contributed by atoms with van der Waals surface area (Å²) in [5.41, 5.74) is 2.50. The quantitative estimate of drug-likeness (QED) is 0.834. The Morgan fingerprint density at radius 3 is 2.74 bits per heavy atom. The Morgan fingerprint density at radius 2 is 1.95 bits per heavy atom. The zero-order chi connectivity index (χ0) is 12.9. The van der Waals surface area contributed by atoms with Crippen LogP contribution in [0.4, 0.5) is 0 Å². The van der Waals surface area contributed by atoms with E-state index in [4.69, 9.17) is 14.2 Å². The van der Waals surface area contributed by atoms with Crippen LogP contribution in [0.5, 0.6) is 0 Å². The Hall–Kier alpha value is -1.16. The summed E-state index contributed by atoms with van der Waals surface area (Å²) in [5.74, 6) is 0. The molecule has 0 spiro atoms. The van der Waals surface area contributed by atoms with E-state index >= 15 is 0 Å². The molecule has 2 fully saturated rings. The van der Waals surface area contributed by atoms with Gasteiger partial charge in [0, 0.05) is 13.0 Å². The zero-order valence-corrected chi connectivity index (χ0v) is 11.1. The molecule has 2 atom stereocenters. The fraction of sp³-hybridized carbons (Fsp3) is 0.500. The molecule has 0 N–H and O–H groups in total. The fourth-order valence-corrected chi connectivity index (χ4v) is 2.49. The van der Waals surface area contributed by atoms with Crippen LogP contribution < -0.4 is 0 Å². The fourth-order valence-electron chi connectivity index (χ4n) is 2.49. The summed E-state index contributed by atoms with van der Waals surface area (Å²) >= 11 is 0. The molecule has 0 aliphatic carbocycles. The molecule has 3 nitrogen and oxygen atoms in total. The van der Waals surface area contributed by atoms with Crippen molar-refractivity contribution >= 4 is 6.08 Å². The molecular weight excluding hydrogens is 240 g/mol. The van der Waals surface area contributed by atoms with Gasteiger partial charge >= 0.3 is 0 Å². The Kier molecular flexibility index (Phi) is 4.28. The lowest BCUT2D eigenvalue weighted by atomic mass is 10.1. The summed E-state index contributed by atoms with van der Waals surface area (Å²) in [6.07, 6.45) is 6.12. The molecule has 0 radical (unpaired) electrons. The first-order chi connectivity index (χ1) is 9.40. The molecule has 1 aromatic rings. The minimum absolute atomic E-state index is 0.0742. The van der Waals surface area contributed by atoms with Gasteiger partial charge in [-0.1, -0.05) is 36.4 Å². The highest BCUT2D eigenvalue weighted by Crippen LogP contribution is 2.25. The van der Waals surface area contributed by atoms with Crippen molar-refractivity contribution in [1.82, 2.24) is 0 Å². The van der Waals surface area contributed by atoms with Crippen LogP contribution in [0.1, 0.15) is 31.2 Å². The second-order valence-corrected chi connectivity index (χ2v) is 5.09. The molecule has 0 bridgehead atoms. The molecule has 3 heteroatoms. The molecule has 3 rings (SSSR count). The van der Waals surface area contributed by atoms with Gasteiger partial charge in [-0.05, 0) is 30.4 Å². The largest absolute Gasteiger partial charge is 0.353 e. The minimum Gasteiger partial charge on any atom is -0.353 e. The van der Waals surface area contributed by atoms with Crippen molar-refractivity contribution in [1.29, 1.82) is 0 Å². The third kappa shape index (κ3) is 3.66. The van der Waals surface area contributed by atoms with Crippen LogP contribution in [0.2, 0.25) is 0 Å². The van der Waals surface area contributed by atoms with Crippen LogP contribution in [-0.2, 0) is 14.2 Å². The first-order valence-electron chi connectivity index (χ1n) is 7.03. The first kappa shape index (κ1) is 12.9. The van der Waals surface area contributed by atoms with Crippen molar-refractivity contribution in [2.45, 2.75) is 38.3 Å². The number of hydrogen-bond acceptors (Lipinski definition) is 3. The van der Waals surface area contributed by atoms with Gasteiger partial charge in [0.25, 0.3) is 0 Å². The Bertz CT molecular complexity index is 421. The molecule has 0 amide bonds. The number of hydrogen-bond donors (Lipinski definition) is 0. The molecule has 0 saturated carbocycles. The van der Waals surface area contributed by atoms with E-state index in [1.165, 1.54) is 17.6 Å². The normalized spacial score (nSPS) is 29.8. The average molecular weight is 260 g/mol. The molecule has 19 heavy (non-hydrogen) atoms. The van der Waals surface area contributed by atoms with Crippen molar-refractivity contribution in [3.05, 3.63) is 41.5 Å². The Labute approximate surface area is 114 Å². The van der Waals surface area contributed by atoms with Gasteiger partial charge < -0.3 is 14.2 Å². The van der Waals surface area contributed by atoms with Crippen molar-refractivity contribution in [2.75, 3.05) is 13.2 Å². The highest BCUT2D eigenvalue weighted by molar-refractivity contribution is 5.53. The van der Waals surface area contributed by atoms with Crippen molar-refractivity contribution in [3.63, 3.8) is 0 Å². The minimum atomic E-state index is -0.141. The summed E-state index contributed by atoms with van der Waals surface area (Å²) in [5, 5.41) is 0. The summed E-state index contributed by atoms with van der Waals surface area (Å²) < 4.78 is 17.1. The molecule has 2 saturated heterocycles. The summed E-state index contributed by atoms with van der Waals surface area (Å²) in [6.45, 7) is 1.47. The monoisotopic (exact) mass is 260 g/mol. The maximum atomic E-state index is 5.83. The number of rotatable bonds is 3. The lowest BCUT2D eigenvalue weighted by Crippen LogP contribution is -2.27. The molecule has 2 aliphatic heterocycles. The predicted molar refractivity (Wildman–Crippen MR) is 73.5 cm³/mol. The van der Waals surface area contributed by atoms with Crippen LogP contribution in [0.15, 0.2) is 35.9 Å². The number of benzene rings is 1. The van der Waals surface area contributed by atoms with Gasteiger partial charge in [0.1, 0.15) is 0 Å².